The average Bonchev–Trinajstić information content (AvgIpc) is 2.26. The summed E-state index contributed by atoms with van der Waals surface area (Å²) in [7, 11) is 0. The predicted molar refractivity (Wildman–Crippen MR) is 64.1 cm³/mol. The molecule has 0 heterocycles. The lowest BCUT2D eigenvalue weighted by Gasteiger charge is -2.19. The summed E-state index contributed by atoms with van der Waals surface area (Å²) >= 11 is 0. The van der Waals surface area contributed by atoms with Gasteiger partial charge in [0.2, 0.25) is 11.8 Å². The first-order valence-electron chi connectivity index (χ1n) is 5.19. The van der Waals surface area contributed by atoms with Crippen molar-refractivity contribution < 1.29 is 24.6 Å². The summed E-state index contributed by atoms with van der Waals surface area (Å²) in [6, 6.07) is 3.29. The molecule has 1 aromatic rings. The normalized spacial score (nSPS) is 9.89. The van der Waals surface area contributed by atoms with Crippen LogP contribution < -0.4 is 11.5 Å². The van der Waals surface area contributed by atoms with E-state index in [1.54, 1.807) is 0 Å². The molecule has 0 unspecified atom stereocenters. The van der Waals surface area contributed by atoms with Crippen molar-refractivity contribution in [1.29, 1.82) is 0 Å². The number of phenols is 2. The summed E-state index contributed by atoms with van der Waals surface area (Å²) in [4.78, 5) is 34.5. The monoisotopic (exact) mass is 267 g/mol. The van der Waals surface area contributed by atoms with Crippen molar-refractivity contribution in [3.8, 4) is 11.5 Å². The molecule has 1 rings (SSSR count). The maximum atomic E-state index is 12.0. The van der Waals surface area contributed by atoms with Gasteiger partial charge in [-0.2, -0.15) is 0 Å². The third kappa shape index (κ3) is 3.87. The van der Waals surface area contributed by atoms with E-state index in [9.17, 15) is 19.5 Å². The predicted octanol–water partition coefficient (Wildman–Crippen LogP) is -1.49. The molecule has 3 amide bonds. The van der Waals surface area contributed by atoms with E-state index in [1.165, 1.54) is 6.07 Å². The fourth-order valence-electron chi connectivity index (χ4n) is 1.45. The minimum Gasteiger partial charge on any atom is -0.508 e. The number of phenolic OH excluding ortho intramolecular Hbond substituents is 2. The average molecular weight is 267 g/mol. The van der Waals surface area contributed by atoms with Crippen LogP contribution in [0.25, 0.3) is 0 Å². The van der Waals surface area contributed by atoms with E-state index in [1.807, 2.05) is 0 Å². The third-order valence-corrected chi connectivity index (χ3v) is 2.19. The van der Waals surface area contributed by atoms with Gasteiger partial charge < -0.3 is 26.6 Å². The highest BCUT2D eigenvalue weighted by Crippen LogP contribution is 2.23. The molecule has 6 N–H and O–H groups in total. The Morgan fingerprint density at radius 3 is 2.00 bits per heavy atom. The van der Waals surface area contributed by atoms with Crippen LogP contribution in [0.4, 0.5) is 0 Å². The number of benzene rings is 1. The van der Waals surface area contributed by atoms with Gasteiger partial charge in [0.05, 0.1) is 5.56 Å². The Balaban J connectivity index is 3.04. The minimum atomic E-state index is -0.826. The summed E-state index contributed by atoms with van der Waals surface area (Å²) < 4.78 is 0. The Morgan fingerprint density at radius 1 is 1.05 bits per heavy atom. The lowest BCUT2D eigenvalue weighted by molar-refractivity contribution is -0.121. The molecule has 0 aromatic heterocycles. The first kappa shape index (κ1) is 14.3. The summed E-state index contributed by atoms with van der Waals surface area (Å²) in [5, 5.41) is 18.7. The highest BCUT2D eigenvalue weighted by molar-refractivity contribution is 6.00. The molecule has 0 aliphatic carbocycles. The maximum Gasteiger partial charge on any atom is 0.258 e. The number of rotatable bonds is 5. The van der Waals surface area contributed by atoms with Crippen LogP contribution in [-0.2, 0) is 9.59 Å². The first-order valence-corrected chi connectivity index (χ1v) is 5.19. The van der Waals surface area contributed by atoms with Crippen molar-refractivity contribution in [3.63, 3.8) is 0 Å². The molecular formula is C11H13N3O5. The van der Waals surface area contributed by atoms with E-state index in [2.05, 4.69) is 0 Å². The molecule has 0 spiro atoms. The maximum absolute atomic E-state index is 12.0. The quantitative estimate of drug-likeness (QED) is 0.513. The zero-order valence-corrected chi connectivity index (χ0v) is 9.87. The zero-order chi connectivity index (χ0) is 14.6. The van der Waals surface area contributed by atoms with Crippen molar-refractivity contribution in [2.45, 2.75) is 0 Å². The summed E-state index contributed by atoms with van der Waals surface area (Å²) in [6.45, 7) is -1.02. The van der Waals surface area contributed by atoms with E-state index < -0.39 is 36.6 Å². The molecule has 0 radical (unpaired) electrons. The topological polar surface area (TPSA) is 147 Å². The van der Waals surface area contributed by atoms with E-state index in [-0.39, 0.29) is 11.3 Å². The Kier molecular flexibility index (Phi) is 4.30. The van der Waals surface area contributed by atoms with Crippen LogP contribution in [0, 0.1) is 0 Å². The molecule has 0 bridgehead atoms. The summed E-state index contributed by atoms with van der Waals surface area (Å²) in [5.74, 6) is -3.16. The Labute approximate surface area is 108 Å². The fourth-order valence-corrected chi connectivity index (χ4v) is 1.45. The number of carbonyl (C=O) groups excluding carboxylic acids is 3. The van der Waals surface area contributed by atoms with Crippen molar-refractivity contribution in [2.24, 2.45) is 11.5 Å². The molecular weight excluding hydrogens is 254 g/mol. The second-order valence-electron chi connectivity index (χ2n) is 3.80. The smallest absolute Gasteiger partial charge is 0.258 e. The van der Waals surface area contributed by atoms with E-state index in [0.717, 1.165) is 17.0 Å². The minimum absolute atomic E-state index is 0.180. The van der Waals surface area contributed by atoms with E-state index in [4.69, 9.17) is 16.6 Å². The van der Waals surface area contributed by atoms with Crippen LogP contribution in [0.5, 0.6) is 11.5 Å². The van der Waals surface area contributed by atoms with Crippen molar-refractivity contribution in [2.75, 3.05) is 13.1 Å². The highest BCUT2D eigenvalue weighted by atomic mass is 16.3. The van der Waals surface area contributed by atoms with Gasteiger partial charge >= 0.3 is 0 Å². The Morgan fingerprint density at radius 2 is 1.58 bits per heavy atom. The molecule has 0 fully saturated rings. The van der Waals surface area contributed by atoms with Crippen molar-refractivity contribution >= 4 is 17.7 Å². The highest BCUT2D eigenvalue weighted by Gasteiger charge is 2.22. The number of amides is 3. The standard InChI is InChI=1S/C11H13N3O5/c12-9(17)4-14(5-10(13)18)11(19)7-2-1-6(15)3-8(7)16/h1-3,15-16H,4-5H2,(H2,12,17)(H2,13,18). The van der Waals surface area contributed by atoms with Gasteiger partial charge in [-0.1, -0.05) is 0 Å². The number of aromatic hydroxyl groups is 2. The van der Waals surface area contributed by atoms with Gasteiger partial charge in [0.25, 0.3) is 5.91 Å². The fraction of sp³-hybridized carbons (Fsp3) is 0.182. The number of carbonyl (C=O) groups is 3. The largest absolute Gasteiger partial charge is 0.508 e. The van der Waals surface area contributed by atoms with Crippen LogP contribution in [0.3, 0.4) is 0 Å². The van der Waals surface area contributed by atoms with Crippen LogP contribution >= 0.6 is 0 Å². The lowest BCUT2D eigenvalue weighted by Crippen LogP contribution is -2.43. The molecule has 0 saturated carbocycles. The molecule has 102 valence electrons. The molecule has 8 nitrogen and oxygen atoms in total. The van der Waals surface area contributed by atoms with E-state index in [0.29, 0.717) is 0 Å². The number of nitrogens with two attached hydrogens (primary N) is 2. The van der Waals surface area contributed by atoms with Gasteiger partial charge in [0, 0.05) is 6.07 Å². The Hall–Kier alpha value is -2.77. The molecule has 0 aliphatic heterocycles. The summed E-state index contributed by atoms with van der Waals surface area (Å²) in [5.41, 5.74) is 9.74. The number of nitrogens with zero attached hydrogens (tertiary/aromatic N) is 1. The number of hydrogen-bond acceptors (Lipinski definition) is 5. The molecule has 0 atom stereocenters. The molecule has 8 heteroatoms. The zero-order valence-electron chi connectivity index (χ0n) is 9.87. The van der Waals surface area contributed by atoms with Crippen LogP contribution in [0.15, 0.2) is 18.2 Å². The molecule has 1 aromatic carbocycles. The van der Waals surface area contributed by atoms with Crippen LogP contribution in [0.1, 0.15) is 10.4 Å². The lowest BCUT2D eigenvalue weighted by atomic mass is 10.1. The van der Waals surface area contributed by atoms with Crippen molar-refractivity contribution in [3.05, 3.63) is 23.8 Å². The van der Waals surface area contributed by atoms with Gasteiger partial charge in [-0.25, -0.2) is 0 Å². The number of hydrogen-bond donors (Lipinski definition) is 4. The number of primary amides is 2. The SMILES string of the molecule is NC(=O)CN(CC(N)=O)C(=O)c1ccc(O)cc1O. The summed E-state index contributed by atoms with van der Waals surface area (Å²) in [6.07, 6.45) is 0. The first-order chi connectivity index (χ1) is 8.81. The third-order valence-electron chi connectivity index (χ3n) is 2.19. The second kappa shape index (κ2) is 5.71. The molecule has 0 aliphatic rings. The van der Waals surface area contributed by atoms with Crippen LogP contribution in [-0.4, -0.2) is 45.9 Å². The van der Waals surface area contributed by atoms with Gasteiger partial charge in [0.1, 0.15) is 24.6 Å². The van der Waals surface area contributed by atoms with E-state index >= 15 is 0 Å². The molecule has 0 saturated heterocycles. The van der Waals surface area contributed by atoms with Crippen LogP contribution in [0.2, 0.25) is 0 Å². The van der Waals surface area contributed by atoms with Crippen molar-refractivity contribution in [1.82, 2.24) is 4.90 Å². The van der Waals surface area contributed by atoms with Gasteiger partial charge in [-0.05, 0) is 12.1 Å². The second-order valence-corrected chi connectivity index (χ2v) is 3.80. The van der Waals surface area contributed by atoms with Gasteiger partial charge in [-0.3, -0.25) is 14.4 Å². The van der Waals surface area contributed by atoms with Gasteiger partial charge in [-0.15, -0.1) is 0 Å². The Bertz CT molecular complexity index is 513. The molecule has 19 heavy (non-hydrogen) atoms. The van der Waals surface area contributed by atoms with Gasteiger partial charge in [0.15, 0.2) is 0 Å².